The Morgan fingerprint density at radius 2 is 1.62 bits per heavy atom. The van der Waals surface area contributed by atoms with Crippen LogP contribution in [0.4, 0.5) is 17.5 Å². The third kappa shape index (κ3) is 5.83. The van der Waals surface area contributed by atoms with Gasteiger partial charge in [0, 0.05) is 36.5 Å². The first-order valence-corrected chi connectivity index (χ1v) is 9.18. The van der Waals surface area contributed by atoms with Crippen LogP contribution in [0, 0.1) is 6.92 Å². The number of nitrogens with zero attached hydrogens (tertiary/aromatic N) is 3. The molecule has 0 aliphatic carbocycles. The maximum absolute atomic E-state index is 12.2. The monoisotopic (exact) mass is 390 g/mol. The number of aromatic nitrogens is 3. The number of ketones is 1. The van der Waals surface area contributed by atoms with Crippen molar-refractivity contribution in [3.63, 3.8) is 0 Å². The summed E-state index contributed by atoms with van der Waals surface area (Å²) in [7, 11) is 0. The number of nitrogens with one attached hydrogen (secondary N) is 3. The van der Waals surface area contributed by atoms with Crippen LogP contribution in [0.2, 0.25) is 0 Å². The maximum Gasteiger partial charge on any atom is 0.251 e. The fourth-order valence-electron chi connectivity index (χ4n) is 2.62. The van der Waals surface area contributed by atoms with Crippen LogP contribution in [-0.2, 0) is 0 Å². The third-order valence-corrected chi connectivity index (χ3v) is 4.03. The number of carbonyl (C=O) groups excluding carboxylic acids is 2. The number of pyridine rings is 1. The molecule has 0 unspecified atom stereocenters. The molecule has 29 heavy (non-hydrogen) atoms. The number of anilines is 3. The van der Waals surface area contributed by atoms with Gasteiger partial charge in [0.05, 0.1) is 0 Å². The molecule has 0 saturated heterocycles. The van der Waals surface area contributed by atoms with Crippen LogP contribution in [0.3, 0.4) is 0 Å². The van der Waals surface area contributed by atoms with E-state index in [1.54, 1.807) is 43.5 Å². The van der Waals surface area contributed by atoms with Crippen LogP contribution in [0.25, 0.3) is 0 Å². The second-order valence-corrected chi connectivity index (χ2v) is 6.34. The molecule has 0 radical (unpaired) electrons. The molecule has 3 N–H and O–H groups in total. The van der Waals surface area contributed by atoms with E-state index in [1.807, 2.05) is 18.2 Å². The van der Waals surface area contributed by atoms with Crippen molar-refractivity contribution in [3.05, 3.63) is 71.7 Å². The Kier molecular flexibility index (Phi) is 6.47. The number of carbonyl (C=O) groups is 2. The van der Waals surface area contributed by atoms with E-state index < -0.39 is 0 Å². The van der Waals surface area contributed by atoms with Crippen molar-refractivity contribution < 1.29 is 9.59 Å². The van der Waals surface area contributed by atoms with Crippen LogP contribution in [0.5, 0.6) is 0 Å². The first-order chi connectivity index (χ1) is 14.0. The quantitative estimate of drug-likeness (QED) is 0.401. The molecule has 2 heterocycles. The number of aryl methyl sites for hydroxylation is 1. The largest absolute Gasteiger partial charge is 0.368 e. The molecule has 148 valence electrons. The van der Waals surface area contributed by atoms with Gasteiger partial charge in [0.15, 0.2) is 5.78 Å². The zero-order valence-electron chi connectivity index (χ0n) is 16.3. The lowest BCUT2D eigenvalue weighted by Gasteiger charge is -2.10. The molecule has 1 amide bonds. The van der Waals surface area contributed by atoms with E-state index in [1.165, 1.54) is 6.92 Å². The molecule has 3 rings (SSSR count). The van der Waals surface area contributed by atoms with Gasteiger partial charge in [-0.25, -0.2) is 15.0 Å². The minimum Gasteiger partial charge on any atom is -0.368 e. The van der Waals surface area contributed by atoms with E-state index in [0.29, 0.717) is 47.5 Å². The molecular formula is C21H22N6O2. The van der Waals surface area contributed by atoms with Gasteiger partial charge in [-0.15, -0.1) is 0 Å². The Bertz CT molecular complexity index is 990. The van der Waals surface area contributed by atoms with Gasteiger partial charge in [0.25, 0.3) is 5.91 Å². The number of hydrogen-bond acceptors (Lipinski definition) is 7. The minimum absolute atomic E-state index is 0.0294. The third-order valence-electron chi connectivity index (χ3n) is 4.03. The Balaban J connectivity index is 1.51. The first kappa shape index (κ1) is 19.9. The summed E-state index contributed by atoms with van der Waals surface area (Å²) in [5, 5.41) is 9.13. The highest BCUT2D eigenvalue weighted by molar-refractivity contribution is 5.97. The summed E-state index contributed by atoms with van der Waals surface area (Å²) in [4.78, 5) is 36.4. The molecule has 0 bridgehead atoms. The van der Waals surface area contributed by atoms with Gasteiger partial charge in [-0.2, -0.15) is 0 Å². The van der Waals surface area contributed by atoms with E-state index in [-0.39, 0.29) is 11.7 Å². The number of Topliss-reactive ketones (excluding diaryl/α,β-unsaturated/α-hetero) is 1. The molecule has 3 aromatic rings. The highest BCUT2D eigenvalue weighted by Crippen LogP contribution is 2.15. The lowest BCUT2D eigenvalue weighted by molar-refractivity contribution is 0.0953. The van der Waals surface area contributed by atoms with Gasteiger partial charge in [0.1, 0.15) is 23.3 Å². The van der Waals surface area contributed by atoms with Crippen LogP contribution in [0.1, 0.15) is 33.5 Å². The molecule has 0 aliphatic heterocycles. The summed E-state index contributed by atoms with van der Waals surface area (Å²) in [6.07, 6.45) is 1.70. The predicted octanol–water partition coefficient (Wildman–Crippen LogP) is 2.97. The van der Waals surface area contributed by atoms with Gasteiger partial charge in [-0.05, 0) is 38.1 Å². The summed E-state index contributed by atoms with van der Waals surface area (Å²) in [5.74, 6) is 2.36. The normalized spacial score (nSPS) is 10.3. The van der Waals surface area contributed by atoms with Gasteiger partial charge in [-0.1, -0.05) is 18.2 Å². The van der Waals surface area contributed by atoms with E-state index in [2.05, 4.69) is 30.9 Å². The second-order valence-electron chi connectivity index (χ2n) is 6.34. The molecule has 0 aliphatic rings. The van der Waals surface area contributed by atoms with Crippen LogP contribution in [-0.4, -0.2) is 39.7 Å². The van der Waals surface area contributed by atoms with Gasteiger partial charge >= 0.3 is 0 Å². The zero-order valence-corrected chi connectivity index (χ0v) is 16.3. The fraction of sp³-hybridized carbons (Fsp3) is 0.190. The molecule has 1 aromatic carbocycles. The Hall–Kier alpha value is -3.81. The minimum atomic E-state index is -0.196. The average molecular weight is 390 g/mol. The topological polar surface area (TPSA) is 109 Å². The molecule has 0 spiro atoms. The van der Waals surface area contributed by atoms with Crippen LogP contribution < -0.4 is 16.0 Å². The summed E-state index contributed by atoms with van der Waals surface area (Å²) >= 11 is 0. The summed E-state index contributed by atoms with van der Waals surface area (Å²) in [5.41, 5.74) is 1.09. The molecular weight excluding hydrogens is 368 g/mol. The number of hydrogen-bond donors (Lipinski definition) is 3. The van der Waals surface area contributed by atoms with Crippen molar-refractivity contribution in [2.45, 2.75) is 13.8 Å². The number of rotatable bonds is 8. The zero-order chi connectivity index (χ0) is 20.6. The van der Waals surface area contributed by atoms with E-state index >= 15 is 0 Å². The molecule has 8 heteroatoms. The molecule has 0 atom stereocenters. The maximum atomic E-state index is 12.2. The van der Waals surface area contributed by atoms with E-state index in [0.717, 1.165) is 0 Å². The Morgan fingerprint density at radius 1 is 0.897 bits per heavy atom. The molecule has 2 aromatic heterocycles. The molecule has 0 fully saturated rings. The summed E-state index contributed by atoms with van der Waals surface area (Å²) < 4.78 is 0. The number of amides is 1. The van der Waals surface area contributed by atoms with Crippen molar-refractivity contribution in [1.29, 1.82) is 0 Å². The second kappa shape index (κ2) is 9.41. The van der Waals surface area contributed by atoms with Crippen molar-refractivity contribution >= 4 is 29.1 Å². The molecule has 0 saturated carbocycles. The lowest BCUT2D eigenvalue weighted by Crippen LogP contribution is -2.29. The van der Waals surface area contributed by atoms with Crippen molar-refractivity contribution in [2.75, 3.05) is 23.7 Å². The fourth-order valence-corrected chi connectivity index (χ4v) is 2.62. The predicted molar refractivity (Wildman–Crippen MR) is 112 cm³/mol. The number of benzene rings is 1. The Labute approximate surface area is 168 Å². The standard InChI is InChI=1S/C21H22N6O2/c1-14(28)16-6-8-17(9-7-16)21(29)24-12-11-23-19-13-20(26-15(2)25-19)27-18-5-3-4-10-22-18/h3-10,13H,11-12H2,1-2H3,(H,24,29)(H2,22,23,25,26,27). The SMILES string of the molecule is CC(=O)c1ccc(C(=O)NCCNc2cc(Nc3ccccn3)nc(C)n2)cc1. The average Bonchev–Trinajstić information content (AvgIpc) is 2.71. The summed E-state index contributed by atoms with van der Waals surface area (Å²) in [6, 6.07) is 13.9. The molecule has 8 nitrogen and oxygen atoms in total. The van der Waals surface area contributed by atoms with E-state index in [4.69, 9.17) is 0 Å². The van der Waals surface area contributed by atoms with Crippen molar-refractivity contribution in [1.82, 2.24) is 20.3 Å². The lowest BCUT2D eigenvalue weighted by atomic mass is 10.1. The van der Waals surface area contributed by atoms with Crippen LogP contribution in [0.15, 0.2) is 54.7 Å². The van der Waals surface area contributed by atoms with Gasteiger partial charge in [-0.3, -0.25) is 9.59 Å². The first-order valence-electron chi connectivity index (χ1n) is 9.18. The van der Waals surface area contributed by atoms with Gasteiger partial charge in [0.2, 0.25) is 0 Å². The highest BCUT2D eigenvalue weighted by atomic mass is 16.1. The van der Waals surface area contributed by atoms with Crippen molar-refractivity contribution in [2.24, 2.45) is 0 Å². The van der Waals surface area contributed by atoms with Crippen LogP contribution >= 0.6 is 0 Å². The van der Waals surface area contributed by atoms with Gasteiger partial charge < -0.3 is 16.0 Å². The van der Waals surface area contributed by atoms with Crippen molar-refractivity contribution in [3.8, 4) is 0 Å². The Morgan fingerprint density at radius 3 is 2.31 bits per heavy atom. The van der Waals surface area contributed by atoms with E-state index in [9.17, 15) is 9.59 Å². The summed E-state index contributed by atoms with van der Waals surface area (Å²) in [6.45, 7) is 4.21. The highest BCUT2D eigenvalue weighted by Gasteiger charge is 2.07. The smallest absolute Gasteiger partial charge is 0.251 e.